The summed E-state index contributed by atoms with van der Waals surface area (Å²) in [4.78, 5) is 10.8. The van der Waals surface area contributed by atoms with Crippen LogP contribution in [0.25, 0.3) is 0 Å². The van der Waals surface area contributed by atoms with Gasteiger partial charge in [0.25, 0.3) is 0 Å². The average Bonchev–Trinajstić information content (AvgIpc) is 2.68. The van der Waals surface area contributed by atoms with Crippen LogP contribution in [0.3, 0.4) is 0 Å². The number of hydrogen-bond donors (Lipinski definition) is 1. The van der Waals surface area contributed by atoms with Crippen LogP contribution in [0.1, 0.15) is 47.0 Å². The summed E-state index contributed by atoms with van der Waals surface area (Å²) in [5.41, 5.74) is 0. The monoisotopic (exact) mass is 316 g/mol. The molecule has 4 nitrogen and oxygen atoms in total. The minimum atomic E-state index is -1.80. The molecule has 0 aromatic rings. The van der Waals surface area contributed by atoms with Crippen LogP contribution in [0.5, 0.6) is 0 Å². The lowest BCUT2D eigenvalue weighted by Gasteiger charge is -2.40. The zero-order valence-electron chi connectivity index (χ0n) is 14.4. The van der Waals surface area contributed by atoms with E-state index in [1.165, 1.54) is 6.92 Å². The Hall–Kier alpha value is -0.393. The molecular formula is C16H32O4Si. The highest BCUT2D eigenvalue weighted by Crippen LogP contribution is 2.43. The lowest BCUT2D eigenvalue weighted by Crippen LogP contribution is -2.45. The quantitative estimate of drug-likeness (QED) is 0.603. The molecule has 0 aromatic carbocycles. The third kappa shape index (κ3) is 5.08. The summed E-state index contributed by atoms with van der Waals surface area (Å²) in [6, 6.07) is 0. The van der Waals surface area contributed by atoms with Crippen molar-refractivity contribution < 1.29 is 19.1 Å². The molecule has 0 heterocycles. The van der Waals surface area contributed by atoms with Crippen LogP contribution in [0.2, 0.25) is 18.1 Å². The third-order valence-electron chi connectivity index (χ3n) is 5.16. The Morgan fingerprint density at radius 2 is 1.90 bits per heavy atom. The summed E-state index contributed by atoms with van der Waals surface area (Å²) in [6.07, 6.45) is 3.02. The van der Waals surface area contributed by atoms with Crippen LogP contribution in [0, 0.1) is 11.8 Å². The molecule has 21 heavy (non-hydrogen) atoms. The second-order valence-electron chi connectivity index (χ2n) is 7.73. The molecular weight excluding hydrogens is 284 g/mol. The second-order valence-corrected chi connectivity index (χ2v) is 12.5. The van der Waals surface area contributed by atoms with E-state index in [0.717, 1.165) is 19.3 Å². The molecule has 1 rings (SSSR count). The average molecular weight is 317 g/mol. The molecule has 3 atom stereocenters. The molecule has 0 radical (unpaired) electrons. The van der Waals surface area contributed by atoms with Gasteiger partial charge in [-0.3, -0.25) is 4.79 Å². The molecule has 1 aliphatic rings. The van der Waals surface area contributed by atoms with Gasteiger partial charge in [-0.05, 0) is 43.3 Å². The SMILES string of the molecule is CC(=O)OCC[C@H]1CC[C@@H](O[Si](C)(C)C(C)(C)C)[C@H]1CO. The molecule has 1 saturated carbocycles. The molecule has 1 fully saturated rings. The Labute approximate surface area is 130 Å². The molecule has 124 valence electrons. The molecule has 1 aliphatic carbocycles. The minimum Gasteiger partial charge on any atom is -0.466 e. The number of hydrogen-bond acceptors (Lipinski definition) is 4. The van der Waals surface area contributed by atoms with E-state index in [1.54, 1.807) is 0 Å². The maximum atomic E-state index is 10.8. The van der Waals surface area contributed by atoms with Crippen molar-refractivity contribution in [1.29, 1.82) is 0 Å². The maximum Gasteiger partial charge on any atom is 0.302 e. The summed E-state index contributed by atoms with van der Waals surface area (Å²) < 4.78 is 11.5. The lowest BCUT2D eigenvalue weighted by atomic mass is 9.93. The number of esters is 1. The highest BCUT2D eigenvalue weighted by Gasteiger charge is 2.44. The van der Waals surface area contributed by atoms with E-state index in [0.29, 0.717) is 12.5 Å². The zero-order chi connectivity index (χ0) is 16.3. The van der Waals surface area contributed by atoms with Gasteiger partial charge in [-0.2, -0.15) is 0 Å². The van der Waals surface area contributed by atoms with E-state index in [4.69, 9.17) is 9.16 Å². The van der Waals surface area contributed by atoms with Crippen molar-refractivity contribution in [2.24, 2.45) is 11.8 Å². The van der Waals surface area contributed by atoms with Gasteiger partial charge >= 0.3 is 5.97 Å². The van der Waals surface area contributed by atoms with Gasteiger partial charge in [0.1, 0.15) is 0 Å². The number of aliphatic hydroxyl groups excluding tert-OH is 1. The first-order chi connectivity index (χ1) is 9.58. The number of ether oxygens (including phenoxy) is 1. The molecule has 0 saturated heterocycles. The van der Waals surface area contributed by atoms with Gasteiger partial charge in [-0.25, -0.2) is 0 Å². The molecule has 5 heteroatoms. The normalized spacial score (nSPS) is 26.9. The molecule has 1 N–H and O–H groups in total. The third-order valence-corrected chi connectivity index (χ3v) is 9.67. The van der Waals surface area contributed by atoms with Gasteiger partial charge < -0.3 is 14.3 Å². The van der Waals surface area contributed by atoms with Crippen LogP contribution in [-0.4, -0.2) is 38.7 Å². The van der Waals surface area contributed by atoms with E-state index in [9.17, 15) is 9.90 Å². The molecule has 0 aromatic heterocycles. The first kappa shape index (κ1) is 18.7. The maximum absolute atomic E-state index is 10.8. The smallest absolute Gasteiger partial charge is 0.302 e. The summed E-state index contributed by atoms with van der Waals surface area (Å²) in [7, 11) is -1.80. The van der Waals surface area contributed by atoms with Crippen molar-refractivity contribution in [3.8, 4) is 0 Å². The first-order valence-corrected chi connectivity index (χ1v) is 10.9. The summed E-state index contributed by atoms with van der Waals surface area (Å²) in [5, 5.41) is 9.93. The number of aliphatic hydroxyl groups is 1. The number of carbonyl (C=O) groups is 1. The van der Waals surface area contributed by atoms with Crippen molar-refractivity contribution in [2.45, 2.75) is 71.2 Å². The van der Waals surface area contributed by atoms with Crippen molar-refractivity contribution in [1.82, 2.24) is 0 Å². The number of rotatable bonds is 6. The summed E-state index contributed by atoms with van der Waals surface area (Å²) in [6.45, 7) is 13.3. The van der Waals surface area contributed by atoms with Gasteiger partial charge in [0, 0.05) is 19.4 Å². The molecule has 0 amide bonds. The Balaban J connectivity index is 2.59. The topological polar surface area (TPSA) is 55.8 Å². The van der Waals surface area contributed by atoms with Crippen LogP contribution >= 0.6 is 0 Å². The standard InChI is InChI=1S/C16H32O4Si/c1-12(18)19-10-9-13-7-8-15(14(13)11-17)20-21(5,6)16(2,3)4/h13-15,17H,7-11H2,1-6H3/t13-,14+,15-/m1/s1. The summed E-state index contributed by atoms with van der Waals surface area (Å²) >= 11 is 0. The van der Waals surface area contributed by atoms with E-state index in [1.807, 2.05) is 0 Å². The predicted octanol–water partition coefficient (Wildman–Crippen LogP) is 3.35. The van der Waals surface area contributed by atoms with Gasteiger partial charge in [0.15, 0.2) is 8.32 Å². The Morgan fingerprint density at radius 3 is 2.38 bits per heavy atom. The fraction of sp³-hybridized carbons (Fsp3) is 0.938. The van der Waals surface area contributed by atoms with Gasteiger partial charge in [-0.1, -0.05) is 20.8 Å². The number of carbonyl (C=O) groups excluding carboxylic acids is 1. The fourth-order valence-corrected chi connectivity index (χ4v) is 4.19. The summed E-state index contributed by atoms with van der Waals surface area (Å²) in [5.74, 6) is 0.335. The van der Waals surface area contributed by atoms with Crippen molar-refractivity contribution in [3.63, 3.8) is 0 Å². The van der Waals surface area contributed by atoms with E-state index < -0.39 is 8.32 Å². The highest BCUT2D eigenvalue weighted by atomic mass is 28.4. The Morgan fingerprint density at radius 1 is 1.29 bits per heavy atom. The first-order valence-electron chi connectivity index (χ1n) is 8.00. The Kier molecular flexibility index (Phi) is 6.44. The van der Waals surface area contributed by atoms with Crippen LogP contribution in [-0.2, 0) is 14.0 Å². The highest BCUT2D eigenvalue weighted by molar-refractivity contribution is 6.74. The van der Waals surface area contributed by atoms with E-state index in [-0.39, 0.29) is 29.6 Å². The second kappa shape index (κ2) is 7.25. The van der Waals surface area contributed by atoms with Gasteiger partial charge in [-0.15, -0.1) is 0 Å². The van der Waals surface area contributed by atoms with Crippen molar-refractivity contribution in [3.05, 3.63) is 0 Å². The van der Waals surface area contributed by atoms with Crippen molar-refractivity contribution >= 4 is 14.3 Å². The molecule has 0 unspecified atom stereocenters. The zero-order valence-corrected chi connectivity index (χ0v) is 15.4. The van der Waals surface area contributed by atoms with Crippen LogP contribution in [0.15, 0.2) is 0 Å². The van der Waals surface area contributed by atoms with Gasteiger partial charge in [0.05, 0.1) is 12.7 Å². The van der Waals surface area contributed by atoms with Crippen molar-refractivity contribution in [2.75, 3.05) is 13.2 Å². The van der Waals surface area contributed by atoms with E-state index in [2.05, 4.69) is 33.9 Å². The molecule has 0 aliphatic heterocycles. The van der Waals surface area contributed by atoms with Crippen LogP contribution in [0.4, 0.5) is 0 Å². The Bertz CT molecular complexity index is 349. The minimum absolute atomic E-state index is 0.151. The van der Waals surface area contributed by atoms with Crippen LogP contribution < -0.4 is 0 Å². The predicted molar refractivity (Wildman–Crippen MR) is 86.6 cm³/mol. The molecule has 0 bridgehead atoms. The van der Waals surface area contributed by atoms with E-state index >= 15 is 0 Å². The van der Waals surface area contributed by atoms with Gasteiger partial charge in [0.2, 0.25) is 0 Å². The lowest BCUT2D eigenvalue weighted by molar-refractivity contribution is -0.141. The largest absolute Gasteiger partial charge is 0.466 e. The fourth-order valence-electron chi connectivity index (χ4n) is 2.79. The molecule has 0 spiro atoms.